The van der Waals surface area contributed by atoms with Gasteiger partial charge in [-0.05, 0) is 36.2 Å². The second-order valence-electron chi connectivity index (χ2n) is 5.53. The Balaban J connectivity index is 1.84. The minimum Gasteiger partial charge on any atom is -0.311 e. The number of halogens is 1. The molecule has 3 rings (SSSR count). The van der Waals surface area contributed by atoms with E-state index in [4.69, 9.17) is 11.6 Å². The van der Waals surface area contributed by atoms with Gasteiger partial charge < -0.3 is 4.90 Å². The Kier molecular flexibility index (Phi) is 4.74. The van der Waals surface area contributed by atoms with E-state index in [9.17, 15) is 4.79 Å². The van der Waals surface area contributed by atoms with Crippen molar-refractivity contribution in [3.05, 3.63) is 59.1 Å². The second kappa shape index (κ2) is 6.76. The standard InChI is InChI=1S/C18H18ClNOS/c1-13-10-11-20(16-4-2-3-5-17(16)22-13)18(21)12-14-6-8-15(19)9-7-14/h2-9,13H,10-12H2,1H3/t13-/m0/s1. The van der Waals surface area contributed by atoms with Crippen LogP contribution in [-0.2, 0) is 11.2 Å². The molecule has 2 aromatic carbocycles. The molecule has 114 valence electrons. The van der Waals surface area contributed by atoms with Crippen LogP contribution in [0.25, 0.3) is 0 Å². The Morgan fingerprint density at radius 1 is 1.23 bits per heavy atom. The number of nitrogens with zero attached hydrogens (tertiary/aromatic N) is 1. The van der Waals surface area contributed by atoms with Crippen LogP contribution < -0.4 is 4.90 Å². The normalized spacial score (nSPS) is 17.7. The zero-order valence-electron chi connectivity index (χ0n) is 12.5. The summed E-state index contributed by atoms with van der Waals surface area (Å²) in [5, 5.41) is 1.22. The molecule has 1 amide bonds. The van der Waals surface area contributed by atoms with Crippen LogP contribution in [0.3, 0.4) is 0 Å². The number of hydrogen-bond donors (Lipinski definition) is 0. The highest BCUT2D eigenvalue weighted by molar-refractivity contribution is 8.00. The van der Waals surface area contributed by atoms with Crippen molar-refractivity contribution in [2.75, 3.05) is 11.4 Å². The number of anilines is 1. The van der Waals surface area contributed by atoms with Crippen LogP contribution in [0.15, 0.2) is 53.4 Å². The van der Waals surface area contributed by atoms with Crippen molar-refractivity contribution < 1.29 is 4.79 Å². The SMILES string of the molecule is C[C@H]1CCN(C(=O)Cc2ccc(Cl)cc2)c2ccccc2S1. The molecule has 1 heterocycles. The van der Waals surface area contributed by atoms with E-state index in [1.807, 2.05) is 59.1 Å². The molecule has 0 radical (unpaired) electrons. The van der Waals surface area contributed by atoms with E-state index in [1.165, 1.54) is 4.90 Å². The van der Waals surface area contributed by atoms with Crippen molar-refractivity contribution in [3.63, 3.8) is 0 Å². The number of carbonyl (C=O) groups is 1. The minimum atomic E-state index is 0.143. The van der Waals surface area contributed by atoms with Crippen molar-refractivity contribution in [1.29, 1.82) is 0 Å². The highest BCUT2D eigenvalue weighted by atomic mass is 35.5. The maximum atomic E-state index is 12.8. The van der Waals surface area contributed by atoms with Crippen molar-refractivity contribution in [3.8, 4) is 0 Å². The molecule has 0 spiro atoms. The molecule has 22 heavy (non-hydrogen) atoms. The zero-order valence-corrected chi connectivity index (χ0v) is 14.0. The lowest BCUT2D eigenvalue weighted by Gasteiger charge is -2.22. The lowest BCUT2D eigenvalue weighted by Crippen LogP contribution is -2.33. The van der Waals surface area contributed by atoms with Gasteiger partial charge in [-0.1, -0.05) is 42.8 Å². The number of thioether (sulfide) groups is 1. The van der Waals surface area contributed by atoms with Gasteiger partial charge in [0.1, 0.15) is 0 Å². The molecule has 1 aliphatic heterocycles. The van der Waals surface area contributed by atoms with Crippen molar-refractivity contribution in [1.82, 2.24) is 0 Å². The molecule has 1 aliphatic rings. The van der Waals surface area contributed by atoms with Gasteiger partial charge in [0.25, 0.3) is 0 Å². The second-order valence-corrected chi connectivity index (χ2v) is 7.45. The van der Waals surface area contributed by atoms with Crippen molar-refractivity contribution in [2.24, 2.45) is 0 Å². The molecular formula is C18H18ClNOS. The minimum absolute atomic E-state index is 0.143. The first-order valence-corrected chi connectivity index (χ1v) is 8.70. The van der Waals surface area contributed by atoms with Gasteiger partial charge in [-0.25, -0.2) is 0 Å². The molecule has 0 bridgehead atoms. The van der Waals surface area contributed by atoms with Gasteiger partial charge in [0.05, 0.1) is 12.1 Å². The average Bonchev–Trinajstić information content (AvgIpc) is 2.68. The highest BCUT2D eigenvalue weighted by Gasteiger charge is 2.23. The lowest BCUT2D eigenvalue weighted by atomic mass is 10.1. The summed E-state index contributed by atoms with van der Waals surface area (Å²) >= 11 is 7.75. The average molecular weight is 332 g/mol. The third-order valence-corrected chi connectivity index (χ3v) is 5.30. The molecular weight excluding hydrogens is 314 g/mol. The van der Waals surface area contributed by atoms with E-state index < -0.39 is 0 Å². The summed E-state index contributed by atoms with van der Waals surface area (Å²) in [5.74, 6) is 0.143. The van der Waals surface area contributed by atoms with Crippen LogP contribution in [0.5, 0.6) is 0 Å². The van der Waals surface area contributed by atoms with Crippen LogP contribution in [0.2, 0.25) is 5.02 Å². The van der Waals surface area contributed by atoms with E-state index in [0.29, 0.717) is 16.7 Å². The first-order chi connectivity index (χ1) is 10.6. The molecule has 0 saturated heterocycles. The molecule has 0 unspecified atom stereocenters. The molecule has 0 saturated carbocycles. The summed E-state index contributed by atoms with van der Waals surface area (Å²) in [6.07, 6.45) is 1.41. The van der Waals surface area contributed by atoms with Gasteiger partial charge in [-0.3, -0.25) is 4.79 Å². The fourth-order valence-electron chi connectivity index (χ4n) is 2.62. The van der Waals surface area contributed by atoms with Gasteiger partial charge >= 0.3 is 0 Å². The van der Waals surface area contributed by atoms with E-state index in [0.717, 1.165) is 24.2 Å². The number of amides is 1. The Morgan fingerprint density at radius 2 is 1.95 bits per heavy atom. The smallest absolute Gasteiger partial charge is 0.231 e. The molecule has 0 fully saturated rings. The molecule has 1 atom stereocenters. The Bertz CT molecular complexity index is 671. The predicted octanol–water partition coefficient (Wildman–Crippen LogP) is 4.80. The first-order valence-electron chi connectivity index (χ1n) is 7.44. The quantitative estimate of drug-likeness (QED) is 0.787. The van der Waals surface area contributed by atoms with Gasteiger partial charge in [0.2, 0.25) is 5.91 Å². The zero-order chi connectivity index (χ0) is 15.5. The number of para-hydroxylation sites is 1. The number of carbonyl (C=O) groups excluding carboxylic acids is 1. The Morgan fingerprint density at radius 3 is 2.73 bits per heavy atom. The molecule has 0 aromatic heterocycles. The van der Waals surface area contributed by atoms with Crippen LogP contribution >= 0.6 is 23.4 Å². The molecule has 2 nitrogen and oxygen atoms in total. The van der Waals surface area contributed by atoms with Crippen molar-refractivity contribution in [2.45, 2.75) is 29.9 Å². The van der Waals surface area contributed by atoms with Gasteiger partial charge in [0, 0.05) is 21.7 Å². The molecule has 0 aliphatic carbocycles. The van der Waals surface area contributed by atoms with Gasteiger partial charge in [-0.15, -0.1) is 11.8 Å². The molecule has 0 N–H and O–H groups in total. The summed E-state index contributed by atoms with van der Waals surface area (Å²) in [6.45, 7) is 2.99. The Hall–Kier alpha value is -1.45. The van der Waals surface area contributed by atoms with E-state index >= 15 is 0 Å². The first kappa shape index (κ1) is 15.4. The van der Waals surface area contributed by atoms with Crippen LogP contribution in [-0.4, -0.2) is 17.7 Å². The highest BCUT2D eigenvalue weighted by Crippen LogP contribution is 2.37. The largest absolute Gasteiger partial charge is 0.311 e. The Labute approximate surface area is 140 Å². The predicted molar refractivity (Wildman–Crippen MR) is 93.9 cm³/mol. The van der Waals surface area contributed by atoms with Crippen molar-refractivity contribution >= 4 is 35.0 Å². The number of hydrogen-bond acceptors (Lipinski definition) is 2. The fourth-order valence-corrected chi connectivity index (χ4v) is 3.86. The lowest BCUT2D eigenvalue weighted by molar-refractivity contribution is -0.118. The third-order valence-electron chi connectivity index (χ3n) is 3.81. The summed E-state index contributed by atoms with van der Waals surface area (Å²) in [4.78, 5) is 15.9. The maximum absolute atomic E-state index is 12.8. The van der Waals surface area contributed by atoms with Gasteiger partial charge in [-0.2, -0.15) is 0 Å². The topological polar surface area (TPSA) is 20.3 Å². The molecule has 4 heteroatoms. The summed E-state index contributed by atoms with van der Waals surface area (Å²) in [6, 6.07) is 15.7. The number of fused-ring (bicyclic) bond motifs is 1. The van der Waals surface area contributed by atoms with Gasteiger partial charge in [0.15, 0.2) is 0 Å². The monoisotopic (exact) mass is 331 g/mol. The van der Waals surface area contributed by atoms with E-state index in [1.54, 1.807) is 0 Å². The summed E-state index contributed by atoms with van der Waals surface area (Å²) in [5.41, 5.74) is 2.03. The molecule has 2 aromatic rings. The summed E-state index contributed by atoms with van der Waals surface area (Å²) in [7, 11) is 0. The third kappa shape index (κ3) is 3.47. The number of benzene rings is 2. The van der Waals surface area contributed by atoms with Crippen LogP contribution in [0.4, 0.5) is 5.69 Å². The van der Waals surface area contributed by atoms with Crippen LogP contribution in [0.1, 0.15) is 18.9 Å². The number of rotatable bonds is 2. The van der Waals surface area contributed by atoms with E-state index in [-0.39, 0.29) is 5.91 Å². The summed E-state index contributed by atoms with van der Waals surface area (Å²) < 4.78 is 0. The fraction of sp³-hybridized carbons (Fsp3) is 0.278. The maximum Gasteiger partial charge on any atom is 0.231 e. The van der Waals surface area contributed by atoms with E-state index in [2.05, 4.69) is 13.0 Å². The van der Waals surface area contributed by atoms with Crippen LogP contribution in [0, 0.1) is 0 Å².